The van der Waals surface area contributed by atoms with Crippen LogP contribution in [0.1, 0.15) is 55.4 Å². The highest BCUT2D eigenvalue weighted by Crippen LogP contribution is 2.35. The Hall–Kier alpha value is -1.47. The van der Waals surface area contributed by atoms with E-state index in [1.807, 2.05) is 6.20 Å². The average molecular weight is 386 g/mol. The fraction of sp³-hybridized carbons (Fsp3) is 0.682. The Morgan fingerprint density at radius 2 is 1.96 bits per heavy atom. The number of hydrogen-bond donors (Lipinski definition) is 1. The van der Waals surface area contributed by atoms with E-state index in [9.17, 15) is 5.11 Å². The van der Waals surface area contributed by atoms with Gasteiger partial charge < -0.3 is 14.6 Å². The Labute approximate surface area is 166 Å². The van der Waals surface area contributed by atoms with Gasteiger partial charge in [0, 0.05) is 12.0 Å². The third kappa shape index (κ3) is 3.36. The lowest BCUT2D eigenvalue weighted by atomic mass is 9.85. The number of aryl methyl sites for hydroxylation is 1. The highest BCUT2D eigenvalue weighted by Gasteiger charge is 2.34. The normalized spacial score (nSPS) is 30.3. The summed E-state index contributed by atoms with van der Waals surface area (Å²) in [5.41, 5.74) is 4.02. The second kappa shape index (κ2) is 7.75. The average Bonchev–Trinajstić information content (AvgIpc) is 3.34. The zero-order chi connectivity index (χ0) is 19.1. The molecule has 0 spiro atoms. The van der Waals surface area contributed by atoms with Crippen molar-refractivity contribution in [3.63, 3.8) is 0 Å². The topological polar surface area (TPSA) is 59.8 Å². The summed E-state index contributed by atoms with van der Waals surface area (Å²) in [6.45, 7) is 6.26. The van der Waals surface area contributed by atoms with E-state index >= 15 is 0 Å². The number of ether oxygens (including phenoxy) is 2. The van der Waals surface area contributed by atoms with Crippen molar-refractivity contribution in [3.8, 4) is 0 Å². The Morgan fingerprint density at radius 3 is 2.68 bits per heavy atom. The summed E-state index contributed by atoms with van der Waals surface area (Å²) in [5, 5.41) is 16.0. The maximum atomic E-state index is 10.1. The standard InChI is InChI=1S/C22H31N3O3/c1-15-10-17-12-23-25(22-4-2-3-9-28-22)19(17)11-18(15)16-5-7-24(8-6-16)20-13-27-14-21(20)26/h10-12,16,20-22,26H,2-9,13-14H2,1H3/t20-,21-,22?/m0/s1. The van der Waals surface area contributed by atoms with E-state index in [0.717, 1.165) is 45.4 Å². The van der Waals surface area contributed by atoms with Gasteiger partial charge in [0.1, 0.15) is 0 Å². The molecule has 3 aliphatic heterocycles. The summed E-state index contributed by atoms with van der Waals surface area (Å²) in [5.74, 6) is 0.565. The largest absolute Gasteiger partial charge is 0.389 e. The molecule has 1 aromatic carbocycles. The molecule has 0 aliphatic carbocycles. The molecule has 6 nitrogen and oxygen atoms in total. The van der Waals surface area contributed by atoms with E-state index in [-0.39, 0.29) is 18.4 Å². The van der Waals surface area contributed by atoms with E-state index in [2.05, 4.69) is 33.7 Å². The van der Waals surface area contributed by atoms with Crippen LogP contribution in [0.15, 0.2) is 18.3 Å². The molecule has 152 valence electrons. The first-order valence-electron chi connectivity index (χ1n) is 10.8. The van der Waals surface area contributed by atoms with Crippen molar-refractivity contribution in [2.75, 3.05) is 32.9 Å². The minimum absolute atomic E-state index is 0.0764. The van der Waals surface area contributed by atoms with Crippen molar-refractivity contribution in [1.82, 2.24) is 14.7 Å². The van der Waals surface area contributed by atoms with Crippen LogP contribution in [0.4, 0.5) is 0 Å². The van der Waals surface area contributed by atoms with Crippen molar-refractivity contribution >= 4 is 10.9 Å². The first-order valence-corrected chi connectivity index (χ1v) is 10.8. The second-order valence-corrected chi connectivity index (χ2v) is 8.66. The zero-order valence-corrected chi connectivity index (χ0v) is 16.7. The zero-order valence-electron chi connectivity index (χ0n) is 16.7. The minimum Gasteiger partial charge on any atom is -0.389 e. The molecule has 3 saturated heterocycles. The number of aromatic nitrogens is 2. The van der Waals surface area contributed by atoms with Gasteiger partial charge in [-0.05, 0) is 81.3 Å². The van der Waals surface area contributed by atoms with Gasteiger partial charge in [-0.2, -0.15) is 5.10 Å². The molecule has 2 aromatic rings. The molecule has 6 heteroatoms. The molecule has 1 aromatic heterocycles. The molecule has 1 N–H and O–H groups in total. The molecule has 5 rings (SSSR count). The van der Waals surface area contributed by atoms with E-state index in [1.54, 1.807) is 0 Å². The summed E-state index contributed by atoms with van der Waals surface area (Å²) in [4.78, 5) is 2.42. The van der Waals surface area contributed by atoms with Gasteiger partial charge >= 0.3 is 0 Å². The number of fused-ring (bicyclic) bond motifs is 1. The van der Waals surface area contributed by atoms with E-state index in [0.29, 0.717) is 19.1 Å². The van der Waals surface area contributed by atoms with Gasteiger partial charge in [0.15, 0.2) is 6.23 Å². The molecule has 3 aliphatic rings. The number of likely N-dealkylation sites (tertiary alicyclic amines) is 1. The third-order valence-corrected chi connectivity index (χ3v) is 6.87. The Morgan fingerprint density at radius 1 is 1.11 bits per heavy atom. The monoisotopic (exact) mass is 385 g/mol. The molecular weight excluding hydrogens is 354 g/mol. The van der Waals surface area contributed by atoms with Gasteiger partial charge in [-0.3, -0.25) is 4.90 Å². The molecule has 3 atom stereocenters. The fourth-order valence-corrected chi connectivity index (χ4v) is 5.23. The van der Waals surface area contributed by atoms with Crippen LogP contribution in [0.2, 0.25) is 0 Å². The highest BCUT2D eigenvalue weighted by molar-refractivity contribution is 5.80. The highest BCUT2D eigenvalue weighted by atomic mass is 16.5. The predicted octanol–water partition coefficient (Wildman–Crippen LogP) is 2.98. The first kappa shape index (κ1) is 18.6. The van der Waals surface area contributed by atoms with E-state index in [1.165, 1.54) is 28.5 Å². The lowest BCUT2D eigenvalue weighted by Crippen LogP contribution is -2.46. The van der Waals surface area contributed by atoms with Crippen LogP contribution in [-0.4, -0.2) is 64.8 Å². The van der Waals surface area contributed by atoms with Gasteiger partial charge in [-0.1, -0.05) is 0 Å². The van der Waals surface area contributed by atoms with Gasteiger partial charge in [-0.15, -0.1) is 0 Å². The molecule has 0 radical (unpaired) electrons. The summed E-state index contributed by atoms with van der Waals surface area (Å²) < 4.78 is 13.5. The summed E-state index contributed by atoms with van der Waals surface area (Å²) in [6.07, 6.45) is 7.39. The maximum absolute atomic E-state index is 10.1. The third-order valence-electron chi connectivity index (χ3n) is 6.87. The number of aliphatic hydroxyl groups excluding tert-OH is 1. The van der Waals surface area contributed by atoms with Crippen molar-refractivity contribution in [1.29, 1.82) is 0 Å². The van der Waals surface area contributed by atoms with Crippen LogP contribution >= 0.6 is 0 Å². The van der Waals surface area contributed by atoms with Gasteiger partial charge in [0.05, 0.1) is 37.1 Å². The Kier molecular flexibility index (Phi) is 5.13. The molecule has 28 heavy (non-hydrogen) atoms. The molecule has 3 fully saturated rings. The van der Waals surface area contributed by atoms with Crippen LogP contribution in [0, 0.1) is 6.92 Å². The van der Waals surface area contributed by atoms with Crippen LogP contribution in [0.25, 0.3) is 10.9 Å². The molecule has 0 bridgehead atoms. The number of nitrogens with zero attached hydrogens (tertiary/aromatic N) is 3. The van der Waals surface area contributed by atoms with Crippen molar-refractivity contribution < 1.29 is 14.6 Å². The van der Waals surface area contributed by atoms with Crippen molar-refractivity contribution in [2.45, 2.75) is 63.3 Å². The molecule has 0 amide bonds. The number of benzene rings is 1. The summed E-state index contributed by atoms with van der Waals surface area (Å²) >= 11 is 0. The van der Waals surface area contributed by atoms with Crippen LogP contribution in [-0.2, 0) is 9.47 Å². The van der Waals surface area contributed by atoms with Crippen molar-refractivity contribution in [2.24, 2.45) is 0 Å². The lowest BCUT2D eigenvalue weighted by molar-refractivity contribution is -0.0366. The van der Waals surface area contributed by atoms with Gasteiger partial charge in [-0.25, -0.2) is 4.68 Å². The van der Waals surface area contributed by atoms with Crippen LogP contribution in [0.3, 0.4) is 0 Å². The minimum atomic E-state index is -0.334. The number of aliphatic hydroxyl groups is 1. The van der Waals surface area contributed by atoms with Crippen molar-refractivity contribution in [3.05, 3.63) is 29.5 Å². The Balaban J connectivity index is 1.36. The molecule has 1 unspecified atom stereocenters. The van der Waals surface area contributed by atoms with E-state index < -0.39 is 0 Å². The number of rotatable bonds is 3. The lowest BCUT2D eigenvalue weighted by Gasteiger charge is -2.37. The number of hydrogen-bond acceptors (Lipinski definition) is 5. The molecular formula is C22H31N3O3. The molecule has 0 saturated carbocycles. The maximum Gasteiger partial charge on any atom is 0.150 e. The fourth-order valence-electron chi connectivity index (χ4n) is 5.23. The number of piperidine rings is 1. The van der Waals surface area contributed by atoms with Gasteiger partial charge in [0.2, 0.25) is 0 Å². The van der Waals surface area contributed by atoms with Crippen LogP contribution in [0.5, 0.6) is 0 Å². The van der Waals surface area contributed by atoms with Crippen LogP contribution < -0.4 is 0 Å². The SMILES string of the molecule is Cc1cc2cnn(C3CCCCO3)c2cc1C1CCN([C@H]2COC[C@@H]2O)CC1. The van der Waals surface area contributed by atoms with E-state index in [4.69, 9.17) is 9.47 Å². The summed E-state index contributed by atoms with van der Waals surface area (Å²) in [6, 6.07) is 4.83. The summed E-state index contributed by atoms with van der Waals surface area (Å²) in [7, 11) is 0. The molecule has 4 heterocycles. The Bertz CT molecular complexity index is 822. The second-order valence-electron chi connectivity index (χ2n) is 8.66. The first-order chi connectivity index (χ1) is 13.7. The van der Waals surface area contributed by atoms with Gasteiger partial charge in [0.25, 0.3) is 0 Å². The predicted molar refractivity (Wildman–Crippen MR) is 107 cm³/mol. The quantitative estimate of drug-likeness (QED) is 0.880. The smallest absolute Gasteiger partial charge is 0.150 e.